The SMILES string of the molecule is O=[N+]([O-])c1ccc(CS(=O)(=O)c2ccc(Br)cc2)o1. The van der Waals surface area contributed by atoms with Crippen LogP contribution in [-0.4, -0.2) is 13.3 Å². The number of benzene rings is 1. The lowest BCUT2D eigenvalue weighted by molar-refractivity contribution is -0.402. The highest BCUT2D eigenvalue weighted by atomic mass is 79.9. The van der Waals surface area contributed by atoms with Crippen LogP contribution in [-0.2, 0) is 15.6 Å². The number of hydrogen-bond donors (Lipinski definition) is 0. The molecule has 0 fully saturated rings. The third kappa shape index (κ3) is 3.21. The quantitative estimate of drug-likeness (QED) is 0.627. The molecular formula is C11H8BrNO5S. The molecule has 1 aromatic carbocycles. The summed E-state index contributed by atoms with van der Waals surface area (Å²) in [7, 11) is -3.58. The van der Waals surface area contributed by atoms with Crippen molar-refractivity contribution in [2.45, 2.75) is 10.6 Å². The summed E-state index contributed by atoms with van der Waals surface area (Å²) in [6.07, 6.45) is 0. The molecule has 0 aliphatic rings. The Morgan fingerprint density at radius 1 is 1.16 bits per heavy atom. The van der Waals surface area contributed by atoms with Crippen molar-refractivity contribution in [2.75, 3.05) is 0 Å². The van der Waals surface area contributed by atoms with Crippen molar-refractivity contribution in [3.63, 3.8) is 0 Å². The highest BCUT2D eigenvalue weighted by molar-refractivity contribution is 9.10. The molecule has 6 nitrogen and oxygen atoms in total. The second-order valence-corrected chi connectivity index (χ2v) is 6.62. The largest absolute Gasteiger partial charge is 0.433 e. The maximum absolute atomic E-state index is 12.0. The van der Waals surface area contributed by atoms with E-state index < -0.39 is 26.4 Å². The molecule has 0 saturated heterocycles. The van der Waals surface area contributed by atoms with Gasteiger partial charge in [-0.15, -0.1) is 0 Å². The molecule has 1 heterocycles. The second-order valence-electron chi connectivity index (χ2n) is 3.71. The molecule has 19 heavy (non-hydrogen) atoms. The van der Waals surface area contributed by atoms with Gasteiger partial charge in [-0.05, 0) is 30.3 Å². The standard InChI is InChI=1S/C11H8BrNO5S/c12-8-1-4-10(5-2-8)19(16,17)7-9-3-6-11(18-9)13(14)15/h1-6H,7H2. The molecule has 2 aromatic rings. The highest BCUT2D eigenvalue weighted by Crippen LogP contribution is 2.22. The van der Waals surface area contributed by atoms with E-state index in [2.05, 4.69) is 15.9 Å². The van der Waals surface area contributed by atoms with Crippen LogP contribution in [0.15, 0.2) is 50.2 Å². The molecule has 0 spiro atoms. The molecule has 8 heteroatoms. The van der Waals surface area contributed by atoms with Crippen LogP contribution >= 0.6 is 15.9 Å². The van der Waals surface area contributed by atoms with Gasteiger partial charge in [-0.3, -0.25) is 10.1 Å². The van der Waals surface area contributed by atoms with E-state index in [1.807, 2.05) is 0 Å². The van der Waals surface area contributed by atoms with E-state index >= 15 is 0 Å². The van der Waals surface area contributed by atoms with Crippen LogP contribution in [0, 0.1) is 10.1 Å². The van der Waals surface area contributed by atoms with Crippen molar-refractivity contribution in [3.8, 4) is 0 Å². The fourth-order valence-electron chi connectivity index (χ4n) is 1.45. The lowest BCUT2D eigenvalue weighted by atomic mass is 10.4. The van der Waals surface area contributed by atoms with E-state index in [9.17, 15) is 18.5 Å². The van der Waals surface area contributed by atoms with Gasteiger partial charge < -0.3 is 4.42 Å². The Morgan fingerprint density at radius 3 is 2.32 bits per heavy atom. The first-order valence-corrected chi connectivity index (χ1v) is 7.54. The van der Waals surface area contributed by atoms with Crippen molar-refractivity contribution < 1.29 is 17.8 Å². The second kappa shape index (κ2) is 5.14. The van der Waals surface area contributed by atoms with E-state index in [4.69, 9.17) is 4.42 Å². The van der Waals surface area contributed by atoms with Gasteiger partial charge in [-0.25, -0.2) is 8.42 Å². The summed E-state index contributed by atoms with van der Waals surface area (Å²) in [5.74, 6) is -0.849. The molecular weight excluding hydrogens is 338 g/mol. The molecule has 0 aliphatic carbocycles. The molecule has 0 N–H and O–H groups in total. The smallest absolute Gasteiger partial charge is 0.405 e. The summed E-state index contributed by atoms with van der Waals surface area (Å²) in [5, 5.41) is 10.4. The van der Waals surface area contributed by atoms with Crippen molar-refractivity contribution in [1.29, 1.82) is 0 Å². The highest BCUT2D eigenvalue weighted by Gasteiger charge is 2.20. The van der Waals surface area contributed by atoms with Gasteiger partial charge in [0, 0.05) is 4.47 Å². The van der Waals surface area contributed by atoms with Gasteiger partial charge in [0.05, 0.1) is 11.0 Å². The zero-order chi connectivity index (χ0) is 14.0. The van der Waals surface area contributed by atoms with Crippen LogP contribution in [0.1, 0.15) is 5.76 Å². The molecule has 2 rings (SSSR count). The predicted octanol–water partition coefficient (Wildman–Crippen LogP) is 2.92. The van der Waals surface area contributed by atoms with Gasteiger partial charge in [0.15, 0.2) is 9.84 Å². The normalized spacial score (nSPS) is 11.4. The van der Waals surface area contributed by atoms with Gasteiger partial charge in [-0.2, -0.15) is 0 Å². The van der Waals surface area contributed by atoms with Gasteiger partial charge in [0.2, 0.25) is 0 Å². The number of nitrogens with zero attached hydrogens (tertiary/aromatic N) is 1. The molecule has 0 unspecified atom stereocenters. The van der Waals surface area contributed by atoms with E-state index in [1.165, 1.54) is 18.2 Å². The summed E-state index contributed by atoms with van der Waals surface area (Å²) in [5.41, 5.74) is 0. The molecule has 0 atom stereocenters. The van der Waals surface area contributed by atoms with E-state index in [1.54, 1.807) is 12.1 Å². The Kier molecular flexibility index (Phi) is 3.72. The van der Waals surface area contributed by atoms with Crippen LogP contribution in [0.3, 0.4) is 0 Å². The third-order valence-corrected chi connectivity index (χ3v) is 4.52. The minimum Gasteiger partial charge on any atom is -0.405 e. The van der Waals surface area contributed by atoms with E-state index in [0.717, 1.165) is 10.5 Å². The first-order valence-electron chi connectivity index (χ1n) is 5.10. The molecule has 0 aliphatic heterocycles. The fourth-order valence-corrected chi connectivity index (χ4v) is 2.97. The van der Waals surface area contributed by atoms with Gasteiger partial charge >= 0.3 is 5.88 Å². The Morgan fingerprint density at radius 2 is 1.79 bits per heavy atom. The van der Waals surface area contributed by atoms with Crippen molar-refractivity contribution in [2.24, 2.45) is 0 Å². The molecule has 0 bridgehead atoms. The third-order valence-electron chi connectivity index (χ3n) is 2.33. The Labute approximate surface area is 117 Å². The van der Waals surface area contributed by atoms with Gasteiger partial charge in [-0.1, -0.05) is 15.9 Å². The maximum Gasteiger partial charge on any atom is 0.433 e. The minimum absolute atomic E-state index is 0.0367. The van der Waals surface area contributed by atoms with Crippen LogP contribution < -0.4 is 0 Å². The predicted molar refractivity (Wildman–Crippen MR) is 70.4 cm³/mol. The Balaban J connectivity index is 2.25. The van der Waals surface area contributed by atoms with E-state index in [-0.39, 0.29) is 10.7 Å². The number of hydrogen-bond acceptors (Lipinski definition) is 5. The summed E-state index contributed by atoms with van der Waals surface area (Å²) in [6.45, 7) is 0. The maximum atomic E-state index is 12.0. The number of furan rings is 1. The minimum atomic E-state index is -3.58. The lowest BCUT2D eigenvalue weighted by Gasteiger charge is -2.02. The zero-order valence-electron chi connectivity index (χ0n) is 9.45. The molecule has 1 aromatic heterocycles. The van der Waals surface area contributed by atoms with Crippen LogP contribution in [0.2, 0.25) is 0 Å². The number of rotatable bonds is 4. The van der Waals surface area contributed by atoms with Crippen LogP contribution in [0.5, 0.6) is 0 Å². The fraction of sp³-hybridized carbons (Fsp3) is 0.0909. The monoisotopic (exact) mass is 345 g/mol. The molecule has 0 amide bonds. The van der Waals surface area contributed by atoms with Crippen LogP contribution in [0.25, 0.3) is 0 Å². The Bertz CT molecular complexity index is 705. The Hall–Kier alpha value is -1.67. The first kappa shape index (κ1) is 13.8. The summed E-state index contributed by atoms with van der Waals surface area (Å²) >= 11 is 3.21. The topological polar surface area (TPSA) is 90.4 Å². The number of nitro groups is 1. The zero-order valence-corrected chi connectivity index (χ0v) is 11.8. The van der Waals surface area contributed by atoms with Gasteiger partial charge in [0.25, 0.3) is 0 Å². The van der Waals surface area contributed by atoms with E-state index in [0.29, 0.717) is 0 Å². The molecule has 100 valence electrons. The summed E-state index contributed by atoms with van der Waals surface area (Å²) < 4.78 is 29.7. The lowest BCUT2D eigenvalue weighted by Crippen LogP contribution is -2.04. The van der Waals surface area contributed by atoms with Crippen molar-refractivity contribution in [3.05, 3.63) is 56.7 Å². The molecule has 0 saturated carbocycles. The van der Waals surface area contributed by atoms with Gasteiger partial charge in [0.1, 0.15) is 16.4 Å². The summed E-state index contributed by atoms with van der Waals surface area (Å²) in [6, 6.07) is 8.55. The average Bonchev–Trinajstić information content (AvgIpc) is 2.77. The van der Waals surface area contributed by atoms with Crippen molar-refractivity contribution >= 4 is 31.7 Å². The molecule has 0 radical (unpaired) electrons. The number of halogens is 1. The average molecular weight is 346 g/mol. The van der Waals surface area contributed by atoms with Crippen molar-refractivity contribution in [1.82, 2.24) is 0 Å². The summed E-state index contributed by atoms with van der Waals surface area (Å²) in [4.78, 5) is 9.87. The first-order chi connectivity index (χ1) is 8.88. The van der Waals surface area contributed by atoms with Crippen LogP contribution in [0.4, 0.5) is 5.88 Å². The number of sulfone groups is 1.